The number of fused-ring (bicyclic) bond motifs is 9. The van der Waals surface area contributed by atoms with Gasteiger partial charge in [0.15, 0.2) is 0 Å². The van der Waals surface area contributed by atoms with Crippen molar-refractivity contribution in [3.63, 3.8) is 0 Å². The molecule has 2 aliphatic carbocycles. The molecule has 11 rings (SSSR count). The topological polar surface area (TPSA) is 3.24 Å². The van der Waals surface area contributed by atoms with E-state index in [0.29, 0.717) is 0 Å². The summed E-state index contributed by atoms with van der Waals surface area (Å²) in [5.74, 6) is 0. The van der Waals surface area contributed by atoms with Crippen molar-refractivity contribution in [2.75, 3.05) is 4.90 Å². The second-order valence-corrected chi connectivity index (χ2v) is 17.6. The van der Waals surface area contributed by atoms with E-state index in [1.54, 1.807) is 0 Å². The fraction of sp³-hybridized carbons (Fsp3) is 0.111. The number of hydrogen-bond acceptors (Lipinski definition) is 2. The van der Waals surface area contributed by atoms with Gasteiger partial charge in [0.05, 0.1) is 11.4 Å². The third kappa shape index (κ3) is 4.72. The molecule has 0 fully saturated rings. The third-order valence-electron chi connectivity index (χ3n) is 12.7. The smallest absolute Gasteiger partial charge is 0.0555 e. The molecule has 0 radical (unpaired) electrons. The van der Waals surface area contributed by atoms with Crippen LogP contribution >= 0.6 is 11.3 Å². The highest BCUT2D eigenvalue weighted by atomic mass is 32.1. The van der Waals surface area contributed by atoms with E-state index in [9.17, 15) is 0 Å². The van der Waals surface area contributed by atoms with Gasteiger partial charge in [-0.3, -0.25) is 0 Å². The monoisotopic (exact) mass is 735 g/mol. The van der Waals surface area contributed by atoms with Crippen LogP contribution in [0.4, 0.5) is 17.1 Å². The van der Waals surface area contributed by atoms with Gasteiger partial charge in [-0.1, -0.05) is 161 Å². The molecule has 9 aromatic rings. The van der Waals surface area contributed by atoms with E-state index in [4.69, 9.17) is 0 Å². The zero-order chi connectivity index (χ0) is 37.8. The fourth-order valence-electron chi connectivity index (χ4n) is 10.0. The minimum absolute atomic E-state index is 0.0822. The normalized spacial score (nSPS) is 14.4. The number of hydrogen-bond donors (Lipinski definition) is 0. The van der Waals surface area contributed by atoms with Gasteiger partial charge in [-0.2, -0.15) is 0 Å². The number of anilines is 3. The predicted molar refractivity (Wildman–Crippen MR) is 240 cm³/mol. The molecule has 0 N–H and O–H groups in total. The minimum Gasteiger partial charge on any atom is -0.309 e. The van der Waals surface area contributed by atoms with Crippen molar-refractivity contribution in [1.82, 2.24) is 0 Å². The van der Waals surface area contributed by atoms with Gasteiger partial charge in [0.2, 0.25) is 0 Å². The van der Waals surface area contributed by atoms with Crippen LogP contribution in [-0.2, 0) is 10.8 Å². The molecule has 8 aromatic carbocycles. The van der Waals surface area contributed by atoms with E-state index in [1.165, 1.54) is 92.6 Å². The fourth-order valence-corrected chi connectivity index (χ4v) is 11.1. The van der Waals surface area contributed by atoms with Crippen LogP contribution in [-0.4, -0.2) is 0 Å². The zero-order valence-corrected chi connectivity index (χ0v) is 32.9. The largest absolute Gasteiger partial charge is 0.309 e. The number of rotatable bonds is 5. The van der Waals surface area contributed by atoms with Crippen molar-refractivity contribution in [2.45, 2.75) is 38.5 Å². The minimum atomic E-state index is -0.0897. The van der Waals surface area contributed by atoms with Crippen molar-refractivity contribution < 1.29 is 0 Å². The average molecular weight is 736 g/mol. The first-order chi connectivity index (χ1) is 27.3. The molecule has 0 saturated heterocycles. The van der Waals surface area contributed by atoms with Crippen molar-refractivity contribution in [2.24, 2.45) is 0 Å². The zero-order valence-electron chi connectivity index (χ0n) is 32.1. The first kappa shape index (κ1) is 33.1. The third-order valence-corrected chi connectivity index (χ3v) is 13.8. The molecule has 1 heterocycles. The number of benzene rings is 8. The van der Waals surface area contributed by atoms with E-state index in [1.807, 2.05) is 11.3 Å². The maximum absolute atomic E-state index is 2.50. The molecular weight excluding hydrogens is 695 g/mol. The van der Waals surface area contributed by atoms with E-state index in [2.05, 4.69) is 209 Å². The lowest BCUT2D eigenvalue weighted by molar-refractivity contribution is 0.660. The highest BCUT2D eigenvalue weighted by Crippen LogP contribution is 2.54. The summed E-state index contributed by atoms with van der Waals surface area (Å²) in [7, 11) is 0. The van der Waals surface area contributed by atoms with Gasteiger partial charge in [-0.25, -0.2) is 0 Å². The molecule has 0 amide bonds. The van der Waals surface area contributed by atoms with E-state index < -0.39 is 0 Å². The molecule has 56 heavy (non-hydrogen) atoms. The summed E-state index contributed by atoms with van der Waals surface area (Å²) in [5.41, 5.74) is 19.3. The second-order valence-electron chi connectivity index (χ2n) is 16.5. The van der Waals surface area contributed by atoms with Crippen molar-refractivity contribution >= 4 is 48.6 Å². The predicted octanol–water partition coefficient (Wildman–Crippen LogP) is 15.5. The van der Waals surface area contributed by atoms with Gasteiger partial charge >= 0.3 is 0 Å². The van der Waals surface area contributed by atoms with Crippen LogP contribution in [0.25, 0.3) is 64.7 Å². The molecule has 0 saturated carbocycles. The van der Waals surface area contributed by atoms with Gasteiger partial charge in [-0.05, 0) is 104 Å². The lowest BCUT2D eigenvalue weighted by Crippen LogP contribution is -2.16. The Kier molecular flexibility index (Phi) is 7.18. The molecule has 1 aromatic heterocycles. The van der Waals surface area contributed by atoms with Crippen molar-refractivity contribution in [3.8, 4) is 44.5 Å². The second kappa shape index (κ2) is 12.1. The Bertz CT molecular complexity index is 3030. The Morgan fingerprint density at radius 3 is 1.75 bits per heavy atom. The lowest BCUT2D eigenvalue weighted by atomic mass is 9.79. The summed E-state index contributed by atoms with van der Waals surface area (Å²) < 4.78 is 2.60. The Balaban J connectivity index is 1.10. The highest BCUT2D eigenvalue weighted by molar-refractivity contribution is 7.26. The molecule has 0 atom stereocenters. The van der Waals surface area contributed by atoms with E-state index >= 15 is 0 Å². The molecule has 0 unspecified atom stereocenters. The SMILES string of the molecule is CC1(C)c2ccccc2-c2ccc(-c3ccccc3N(c3ccc(-c4cccc5c4C(C)(C)c4ccccc4-5)cc3)c3cccc4sc5ccccc5c34)cc21. The molecule has 2 heteroatoms. The van der Waals surface area contributed by atoms with Crippen LogP contribution in [0.2, 0.25) is 0 Å². The molecule has 0 aliphatic heterocycles. The van der Waals surface area contributed by atoms with E-state index in [0.717, 1.165) is 11.4 Å². The quantitative estimate of drug-likeness (QED) is 0.170. The van der Waals surface area contributed by atoms with Crippen molar-refractivity contribution in [3.05, 3.63) is 198 Å². The standard InChI is InChI=1S/C54H41NS/c1-53(2)44-21-9-5-16-39(44)41-32-29-35(33-46(41)53)37-15-7-11-23-47(37)55(48-24-14-26-50-51(48)43-18-8-12-25-49(43)56-50)36-30-27-34(28-31-36)38-19-13-20-42-40-17-6-10-22-45(40)54(3,4)52(38)42/h5-33H,1-4H3. The van der Waals surface area contributed by atoms with Crippen LogP contribution in [0, 0.1) is 0 Å². The molecule has 0 spiro atoms. The molecule has 1 nitrogen and oxygen atoms in total. The Labute approximate surface area is 333 Å². The Morgan fingerprint density at radius 2 is 0.946 bits per heavy atom. The van der Waals surface area contributed by atoms with Crippen LogP contribution in [0.3, 0.4) is 0 Å². The Hall–Kier alpha value is -6.22. The van der Waals surface area contributed by atoms with Crippen LogP contribution in [0.15, 0.2) is 176 Å². The van der Waals surface area contributed by atoms with Gasteiger partial charge in [0, 0.05) is 42.3 Å². The van der Waals surface area contributed by atoms with Crippen molar-refractivity contribution in [1.29, 1.82) is 0 Å². The molecular formula is C54H41NS. The van der Waals surface area contributed by atoms with Gasteiger partial charge in [0.1, 0.15) is 0 Å². The van der Waals surface area contributed by atoms with E-state index in [-0.39, 0.29) is 10.8 Å². The van der Waals surface area contributed by atoms with Gasteiger partial charge < -0.3 is 4.90 Å². The van der Waals surface area contributed by atoms with Gasteiger partial charge in [0.25, 0.3) is 0 Å². The summed E-state index contributed by atoms with van der Waals surface area (Å²) in [4.78, 5) is 2.50. The summed E-state index contributed by atoms with van der Waals surface area (Å²) in [5, 5.41) is 2.58. The highest BCUT2D eigenvalue weighted by Gasteiger charge is 2.38. The number of thiophene rings is 1. The maximum Gasteiger partial charge on any atom is 0.0555 e. The number of para-hydroxylation sites is 1. The molecule has 2 aliphatic rings. The van der Waals surface area contributed by atoms with Crippen LogP contribution in [0.1, 0.15) is 49.9 Å². The maximum atomic E-state index is 2.50. The lowest BCUT2D eigenvalue weighted by Gasteiger charge is -2.29. The summed E-state index contributed by atoms with van der Waals surface area (Å²) >= 11 is 1.87. The summed E-state index contributed by atoms with van der Waals surface area (Å²) in [6.07, 6.45) is 0. The first-order valence-electron chi connectivity index (χ1n) is 19.7. The van der Waals surface area contributed by atoms with Gasteiger partial charge in [-0.15, -0.1) is 11.3 Å². The Morgan fingerprint density at radius 1 is 0.393 bits per heavy atom. The number of nitrogens with zero attached hydrogens (tertiary/aromatic N) is 1. The van der Waals surface area contributed by atoms with Crippen LogP contribution in [0.5, 0.6) is 0 Å². The summed E-state index contributed by atoms with van der Waals surface area (Å²) in [6.45, 7) is 9.48. The average Bonchev–Trinajstić information content (AvgIpc) is 3.82. The summed E-state index contributed by atoms with van der Waals surface area (Å²) in [6, 6.07) is 65.7. The molecule has 0 bridgehead atoms. The molecule has 268 valence electrons. The first-order valence-corrected chi connectivity index (χ1v) is 20.5. The van der Waals surface area contributed by atoms with Crippen LogP contribution < -0.4 is 4.90 Å².